The molecule has 44 heavy (non-hydrogen) atoms. The Labute approximate surface area is 257 Å². The maximum Gasteiger partial charge on any atom is 0.147 e. The molecule has 7 nitrogen and oxygen atoms in total. The normalized spacial score (nSPS) is 12.8. The number of para-hydroxylation sites is 1. The van der Waals surface area contributed by atoms with Gasteiger partial charge in [-0.25, -0.2) is 9.36 Å². The summed E-state index contributed by atoms with van der Waals surface area (Å²) in [6, 6.07) is 36.9. The molecule has 0 fully saturated rings. The van der Waals surface area contributed by atoms with Gasteiger partial charge in [0.15, 0.2) is 0 Å². The van der Waals surface area contributed by atoms with E-state index in [1.54, 1.807) is 14.2 Å². The van der Waals surface area contributed by atoms with E-state index in [0.717, 1.165) is 68.3 Å². The average molecular weight is 580 g/mol. The summed E-state index contributed by atoms with van der Waals surface area (Å²) in [6.07, 6.45) is 4.49. The van der Waals surface area contributed by atoms with E-state index in [4.69, 9.17) is 19.7 Å². The summed E-state index contributed by atoms with van der Waals surface area (Å²) in [7, 11) is 3.36. The average Bonchev–Trinajstić information content (AvgIpc) is 3.61. The Kier molecular flexibility index (Phi) is 6.98. The molecule has 7 rings (SSSR count). The molecule has 0 N–H and O–H groups in total. The van der Waals surface area contributed by atoms with Gasteiger partial charge in [-0.1, -0.05) is 60.7 Å². The van der Waals surface area contributed by atoms with Crippen LogP contribution < -0.4 is 14.4 Å². The largest absolute Gasteiger partial charge is 0.497 e. The van der Waals surface area contributed by atoms with Crippen LogP contribution in [0.25, 0.3) is 17.5 Å². The lowest BCUT2D eigenvalue weighted by Crippen LogP contribution is -2.25. The zero-order chi connectivity index (χ0) is 30.2. The molecule has 0 bridgehead atoms. The number of hydrogen-bond donors (Lipinski definition) is 0. The molecule has 0 amide bonds. The van der Waals surface area contributed by atoms with Crippen molar-refractivity contribution in [1.29, 1.82) is 0 Å². The van der Waals surface area contributed by atoms with Crippen LogP contribution in [-0.2, 0) is 0 Å². The predicted molar refractivity (Wildman–Crippen MR) is 175 cm³/mol. The highest BCUT2D eigenvalue weighted by atomic mass is 16.5. The molecule has 1 aliphatic heterocycles. The van der Waals surface area contributed by atoms with Crippen LogP contribution in [0.4, 0.5) is 17.3 Å². The first-order chi connectivity index (χ1) is 21.6. The fourth-order valence-corrected chi connectivity index (χ4v) is 6.05. The van der Waals surface area contributed by atoms with Crippen LogP contribution in [0.5, 0.6) is 11.5 Å². The quantitative estimate of drug-likeness (QED) is 0.190. The molecule has 0 spiro atoms. The van der Waals surface area contributed by atoms with Gasteiger partial charge in [-0.05, 0) is 80.1 Å². The van der Waals surface area contributed by atoms with Crippen molar-refractivity contribution in [3.05, 3.63) is 143 Å². The third kappa shape index (κ3) is 4.63. The lowest BCUT2D eigenvalue weighted by atomic mass is 9.86. The van der Waals surface area contributed by atoms with Crippen molar-refractivity contribution in [3.8, 4) is 22.9 Å². The number of aromatic nitrogens is 4. The van der Waals surface area contributed by atoms with Crippen LogP contribution in [0.3, 0.4) is 0 Å². The molecule has 218 valence electrons. The summed E-state index contributed by atoms with van der Waals surface area (Å²) in [5.41, 5.74) is 8.24. The van der Waals surface area contributed by atoms with Gasteiger partial charge < -0.3 is 9.47 Å². The Morgan fingerprint density at radius 3 is 1.48 bits per heavy atom. The molecule has 1 aliphatic rings. The number of hydrogen-bond acceptors (Lipinski definition) is 5. The number of aryl methyl sites for hydroxylation is 2. The molecule has 0 unspecified atom stereocenters. The minimum Gasteiger partial charge on any atom is -0.497 e. The molecule has 0 radical (unpaired) electrons. The van der Waals surface area contributed by atoms with Gasteiger partial charge >= 0.3 is 0 Å². The molecule has 6 aromatic rings. The van der Waals surface area contributed by atoms with Crippen LogP contribution in [0, 0.1) is 13.8 Å². The highest BCUT2D eigenvalue weighted by Crippen LogP contribution is 2.53. The topological polar surface area (TPSA) is 57.3 Å². The second-order valence-electron chi connectivity index (χ2n) is 10.8. The van der Waals surface area contributed by atoms with Gasteiger partial charge in [-0.3, -0.25) is 4.90 Å². The van der Waals surface area contributed by atoms with E-state index in [9.17, 15) is 0 Å². The van der Waals surface area contributed by atoms with Crippen molar-refractivity contribution in [2.24, 2.45) is 0 Å². The molecule has 0 saturated heterocycles. The molecule has 3 heterocycles. The van der Waals surface area contributed by atoms with Crippen molar-refractivity contribution in [2.75, 3.05) is 19.1 Å². The molecule has 0 atom stereocenters. The van der Waals surface area contributed by atoms with E-state index >= 15 is 0 Å². The smallest absolute Gasteiger partial charge is 0.147 e. The van der Waals surface area contributed by atoms with Crippen LogP contribution in [0.1, 0.15) is 34.0 Å². The fourth-order valence-electron chi connectivity index (χ4n) is 6.05. The minimum absolute atomic E-state index is 0.0841. The van der Waals surface area contributed by atoms with Crippen molar-refractivity contribution in [1.82, 2.24) is 19.6 Å². The Bertz CT molecular complexity index is 1840. The third-order valence-corrected chi connectivity index (χ3v) is 8.14. The number of nitrogens with zero attached hydrogens (tertiary/aromatic N) is 5. The molecule has 7 heteroatoms. The Morgan fingerprint density at radius 1 is 0.568 bits per heavy atom. The van der Waals surface area contributed by atoms with Gasteiger partial charge in [0.2, 0.25) is 0 Å². The van der Waals surface area contributed by atoms with Gasteiger partial charge in [0.05, 0.1) is 37.0 Å². The number of benzene rings is 4. The summed E-state index contributed by atoms with van der Waals surface area (Å²) >= 11 is 0. The van der Waals surface area contributed by atoms with Crippen LogP contribution in [-0.4, -0.2) is 33.8 Å². The van der Waals surface area contributed by atoms with Crippen molar-refractivity contribution in [3.63, 3.8) is 0 Å². The summed E-state index contributed by atoms with van der Waals surface area (Å²) in [5.74, 6) is 3.46. The van der Waals surface area contributed by atoms with E-state index in [0.29, 0.717) is 0 Å². The number of rotatable bonds is 7. The number of allylic oxidation sites excluding steroid dienone is 1. The number of ether oxygens (including phenoxy) is 2. The first kappa shape index (κ1) is 27.3. The zero-order valence-electron chi connectivity index (χ0n) is 25.2. The lowest BCUT2D eigenvalue weighted by molar-refractivity contribution is 0.414. The van der Waals surface area contributed by atoms with E-state index in [-0.39, 0.29) is 5.92 Å². The van der Waals surface area contributed by atoms with E-state index < -0.39 is 0 Å². The highest BCUT2D eigenvalue weighted by Gasteiger charge is 2.40. The standard InChI is InChI=1S/C37H33N5O2/c1-25-34-33(24-15-27-11-7-5-8-12-27)35-26(2)39-42(30-18-22-32(44-4)23-19-30)37(35)40(28-13-9-6-10-14-28)36(34)41(38-25)29-16-20-31(43-3)21-17-29/h5-24,33H,1-4H3. The van der Waals surface area contributed by atoms with Gasteiger partial charge in [0, 0.05) is 22.7 Å². The second-order valence-corrected chi connectivity index (χ2v) is 10.8. The summed E-state index contributed by atoms with van der Waals surface area (Å²) < 4.78 is 15.0. The zero-order valence-corrected chi connectivity index (χ0v) is 25.2. The maximum absolute atomic E-state index is 5.47. The minimum atomic E-state index is -0.0841. The predicted octanol–water partition coefficient (Wildman–Crippen LogP) is 8.32. The van der Waals surface area contributed by atoms with Gasteiger partial charge in [0.1, 0.15) is 23.1 Å². The van der Waals surface area contributed by atoms with Crippen LogP contribution in [0.15, 0.2) is 115 Å². The van der Waals surface area contributed by atoms with Gasteiger partial charge in [-0.2, -0.15) is 10.2 Å². The highest BCUT2D eigenvalue weighted by molar-refractivity contribution is 5.85. The van der Waals surface area contributed by atoms with Crippen LogP contribution >= 0.6 is 0 Å². The molecule has 2 aromatic heterocycles. The van der Waals surface area contributed by atoms with Crippen molar-refractivity contribution < 1.29 is 9.47 Å². The molecular formula is C37H33N5O2. The Hall–Kier alpha value is -5.56. The third-order valence-electron chi connectivity index (χ3n) is 8.14. The van der Waals surface area contributed by atoms with Crippen molar-refractivity contribution in [2.45, 2.75) is 19.8 Å². The van der Waals surface area contributed by atoms with E-state index in [1.807, 2.05) is 70.0 Å². The molecular weight excluding hydrogens is 546 g/mol. The Morgan fingerprint density at radius 2 is 1.02 bits per heavy atom. The second kappa shape index (κ2) is 11.3. The van der Waals surface area contributed by atoms with Gasteiger partial charge in [0.25, 0.3) is 0 Å². The molecule has 4 aromatic carbocycles. The summed E-state index contributed by atoms with van der Waals surface area (Å²) in [6.45, 7) is 4.19. The first-order valence-corrected chi connectivity index (χ1v) is 14.6. The fraction of sp³-hybridized carbons (Fsp3) is 0.135. The van der Waals surface area contributed by atoms with E-state index in [1.165, 1.54) is 0 Å². The first-order valence-electron chi connectivity index (χ1n) is 14.6. The Balaban J connectivity index is 1.53. The summed E-state index contributed by atoms with van der Waals surface area (Å²) in [5, 5.41) is 10.3. The number of anilines is 3. The monoisotopic (exact) mass is 579 g/mol. The molecule has 0 aliphatic carbocycles. The maximum atomic E-state index is 5.47. The van der Waals surface area contributed by atoms with Crippen LogP contribution in [0.2, 0.25) is 0 Å². The number of methoxy groups -OCH3 is 2. The van der Waals surface area contributed by atoms with E-state index in [2.05, 4.69) is 79.4 Å². The SMILES string of the molecule is COc1ccc(-n2nc(C)c3c2N(c2ccccc2)c2c(c(C)nn2-c2ccc(OC)cc2)C3C=Cc2ccccc2)cc1. The van der Waals surface area contributed by atoms with Crippen molar-refractivity contribution >= 4 is 23.4 Å². The molecule has 0 saturated carbocycles. The lowest BCUT2D eigenvalue weighted by Gasteiger charge is -2.34. The van der Waals surface area contributed by atoms with Gasteiger partial charge in [-0.15, -0.1) is 0 Å². The summed E-state index contributed by atoms with van der Waals surface area (Å²) in [4.78, 5) is 2.30. The number of fused-ring (bicyclic) bond motifs is 2.